The molecule has 40 heavy (non-hydrogen) atoms. The zero-order valence-corrected chi connectivity index (χ0v) is 28.7. The maximum atomic E-state index is 4.29. The Morgan fingerprint density at radius 1 is 0.575 bits per heavy atom. The predicted octanol–water partition coefficient (Wildman–Crippen LogP) is 9.61. The summed E-state index contributed by atoms with van der Waals surface area (Å²) in [4.78, 5) is 0. The molecule has 2 nitrogen and oxygen atoms in total. The summed E-state index contributed by atoms with van der Waals surface area (Å²) in [5.41, 5.74) is 1.40. The molecule has 2 N–H and O–H groups in total. The third-order valence-corrected chi connectivity index (χ3v) is 17.3. The van der Waals surface area contributed by atoms with Crippen LogP contribution in [0.15, 0.2) is 0 Å². The number of thioether (sulfide) groups is 2. The fourth-order valence-electron chi connectivity index (χ4n) is 10.3. The van der Waals surface area contributed by atoms with Crippen LogP contribution in [0.4, 0.5) is 0 Å². The van der Waals surface area contributed by atoms with Crippen molar-refractivity contribution in [2.45, 2.75) is 196 Å². The second-order valence-electron chi connectivity index (χ2n) is 17.4. The third kappa shape index (κ3) is 6.51. The Bertz CT molecular complexity index is 800. The molecule has 0 amide bonds. The molecule has 230 valence electrons. The summed E-state index contributed by atoms with van der Waals surface area (Å²) < 4.78 is 0. The lowest BCUT2D eigenvalue weighted by molar-refractivity contribution is 0.0398. The average Bonchev–Trinajstić information content (AvgIpc) is 3.32. The molecular formula is C36H64N2S2. The molecule has 11 atom stereocenters. The minimum absolute atomic E-state index is 0.437. The normalized spacial score (nSPS) is 47.0. The Hall–Kier alpha value is 0.620. The molecule has 4 aliphatic carbocycles. The highest BCUT2D eigenvalue weighted by atomic mass is 32.2. The van der Waals surface area contributed by atoms with Crippen LogP contribution >= 0.6 is 23.5 Å². The van der Waals surface area contributed by atoms with Gasteiger partial charge in [0.25, 0.3) is 0 Å². The van der Waals surface area contributed by atoms with Crippen molar-refractivity contribution in [2.75, 3.05) is 0 Å². The van der Waals surface area contributed by atoms with E-state index in [1.54, 1.807) is 0 Å². The topological polar surface area (TPSA) is 24.1 Å². The van der Waals surface area contributed by atoms with Crippen LogP contribution in [0, 0.1) is 28.1 Å². The first-order valence-corrected chi connectivity index (χ1v) is 19.7. The fraction of sp³-hybridized carbons (Fsp3) is 1.00. The molecule has 0 spiro atoms. The van der Waals surface area contributed by atoms with Crippen molar-refractivity contribution in [2.24, 2.45) is 28.1 Å². The molecule has 0 aromatic rings. The van der Waals surface area contributed by atoms with Gasteiger partial charge in [-0.25, -0.2) is 0 Å². The lowest BCUT2D eigenvalue weighted by Crippen LogP contribution is -2.54. The lowest BCUT2D eigenvalue weighted by Gasteiger charge is -2.46. The quantitative estimate of drug-likeness (QED) is 0.343. The van der Waals surface area contributed by atoms with Crippen molar-refractivity contribution in [1.82, 2.24) is 10.6 Å². The maximum absolute atomic E-state index is 4.29. The number of nitrogens with one attached hydrogen (secondary N) is 2. The van der Waals surface area contributed by atoms with Gasteiger partial charge >= 0.3 is 0 Å². The van der Waals surface area contributed by atoms with Gasteiger partial charge in [0.15, 0.2) is 0 Å². The number of hydrogen-bond acceptors (Lipinski definition) is 4. The first-order valence-electron chi connectivity index (χ1n) is 17.8. The molecular weight excluding hydrogens is 525 g/mol. The van der Waals surface area contributed by atoms with Crippen LogP contribution in [0.1, 0.15) is 151 Å². The molecule has 2 saturated heterocycles. The van der Waals surface area contributed by atoms with E-state index in [-0.39, 0.29) is 0 Å². The van der Waals surface area contributed by atoms with Gasteiger partial charge in [0.05, 0.1) is 0 Å². The van der Waals surface area contributed by atoms with E-state index in [2.05, 4.69) is 75.7 Å². The van der Waals surface area contributed by atoms with Crippen LogP contribution in [0.25, 0.3) is 0 Å². The van der Waals surface area contributed by atoms with E-state index in [9.17, 15) is 0 Å². The van der Waals surface area contributed by atoms with Crippen LogP contribution in [0.2, 0.25) is 0 Å². The molecule has 2 heterocycles. The Morgan fingerprint density at radius 3 is 1.80 bits per heavy atom. The molecule has 6 rings (SSSR count). The smallest absolute Gasteiger partial charge is 0.0204 e. The molecule has 4 heteroatoms. The molecule has 0 aromatic carbocycles. The Labute approximate surface area is 257 Å². The molecule has 4 saturated carbocycles. The summed E-state index contributed by atoms with van der Waals surface area (Å²) in [6.45, 7) is 15.5. The second kappa shape index (κ2) is 12.2. The van der Waals surface area contributed by atoms with E-state index in [1.165, 1.54) is 109 Å². The molecule has 0 bridgehead atoms. The van der Waals surface area contributed by atoms with Gasteiger partial charge in [-0.15, -0.1) is 0 Å². The largest absolute Gasteiger partial charge is 0.309 e. The first kappa shape index (κ1) is 30.6. The molecule has 11 unspecified atom stereocenters. The number of hydrogen-bond donors (Lipinski definition) is 2. The van der Waals surface area contributed by atoms with E-state index < -0.39 is 0 Å². The highest BCUT2D eigenvalue weighted by Gasteiger charge is 2.48. The van der Waals surface area contributed by atoms with E-state index in [0.29, 0.717) is 16.2 Å². The van der Waals surface area contributed by atoms with Gasteiger partial charge in [-0.05, 0) is 124 Å². The van der Waals surface area contributed by atoms with Gasteiger partial charge in [-0.1, -0.05) is 54.4 Å². The summed E-state index contributed by atoms with van der Waals surface area (Å²) >= 11 is 4.85. The summed E-state index contributed by atoms with van der Waals surface area (Å²) in [5, 5.41) is 12.0. The van der Waals surface area contributed by atoms with Crippen LogP contribution in [-0.2, 0) is 0 Å². The Kier molecular flexibility index (Phi) is 9.34. The van der Waals surface area contributed by atoms with E-state index >= 15 is 0 Å². The van der Waals surface area contributed by atoms with Crippen molar-refractivity contribution in [1.29, 1.82) is 0 Å². The maximum Gasteiger partial charge on any atom is 0.0204 e. The van der Waals surface area contributed by atoms with Crippen molar-refractivity contribution in [3.05, 3.63) is 0 Å². The minimum atomic E-state index is 0.437. The zero-order valence-electron chi connectivity index (χ0n) is 27.1. The van der Waals surface area contributed by atoms with Gasteiger partial charge in [0.1, 0.15) is 0 Å². The van der Waals surface area contributed by atoms with Gasteiger partial charge in [0, 0.05) is 45.2 Å². The third-order valence-electron chi connectivity index (χ3n) is 13.6. The number of fused-ring (bicyclic) bond motifs is 4. The molecule has 6 aliphatic rings. The highest BCUT2D eigenvalue weighted by molar-refractivity contribution is 8.00. The second-order valence-corrected chi connectivity index (χ2v) is 20.4. The lowest BCUT2D eigenvalue weighted by atomic mass is 9.59. The molecule has 2 aliphatic heterocycles. The van der Waals surface area contributed by atoms with Crippen molar-refractivity contribution in [3.8, 4) is 0 Å². The standard InChI is InChI=1S/C36H64N2S2/c1-34(2,3)25-13-16-28-32(18-14-25)40-31-17-12-24(11-15-27(31)38-28)23-35(4,5)36(6)21-19-29-33(20-22-36)39-30-10-8-7-9-26(30)37-29/h24-33,37-38H,7-23H2,1-6H3. The fourth-order valence-corrected chi connectivity index (χ4v) is 13.9. The summed E-state index contributed by atoms with van der Waals surface area (Å²) in [7, 11) is 0. The first-order chi connectivity index (χ1) is 19.0. The predicted molar refractivity (Wildman–Crippen MR) is 179 cm³/mol. The van der Waals surface area contributed by atoms with Gasteiger partial charge in [0.2, 0.25) is 0 Å². The van der Waals surface area contributed by atoms with Crippen LogP contribution < -0.4 is 10.6 Å². The van der Waals surface area contributed by atoms with Crippen LogP contribution in [0.3, 0.4) is 0 Å². The Balaban J connectivity index is 1.04. The van der Waals surface area contributed by atoms with Crippen molar-refractivity contribution in [3.63, 3.8) is 0 Å². The molecule has 6 fully saturated rings. The van der Waals surface area contributed by atoms with Gasteiger partial charge < -0.3 is 10.6 Å². The van der Waals surface area contributed by atoms with Gasteiger partial charge in [-0.2, -0.15) is 23.5 Å². The van der Waals surface area contributed by atoms with E-state index in [4.69, 9.17) is 0 Å². The Morgan fingerprint density at radius 2 is 1.07 bits per heavy atom. The zero-order chi connectivity index (χ0) is 28.1. The number of rotatable bonds is 3. The average molecular weight is 589 g/mol. The summed E-state index contributed by atoms with van der Waals surface area (Å²) in [5.74, 6) is 1.83. The molecule has 0 radical (unpaired) electrons. The summed E-state index contributed by atoms with van der Waals surface area (Å²) in [6.07, 6.45) is 24.5. The minimum Gasteiger partial charge on any atom is -0.309 e. The highest BCUT2D eigenvalue weighted by Crippen LogP contribution is 2.55. The van der Waals surface area contributed by atoms with E-state index in [1.807, 2.05) is 0 Å². The summed E-state index contributed by atoms with van der Waals surface area (Å²) in [6, 6.07) is 3.13. The molecule has 0 aromatic heterocycles. The SMILES string of the molecule is CC(C)(C)C1CCC2NC3CCC(CC(C)(C)C4(C)CCC5NC6CCCCC6SC5CC4)CCC3SC2CC1. The van der Waals surface area contributed by atoms with Crippen LogP contribution in [-0.4, -0.2) is 45.2 Å². The van der Waals surface area contributed by atoms with Crippen LogP contribution in [0.5, 0.6) is 0 Å². The van der Waals surface area contributed by atoms with Crippen molar-refractivity contribution < 1.29 is 0 Å². The van der Waals surface area contributed by atoms with Gasteiger partial charge in [-0.3, -0.25) is 0 Å². The van der Waals surface area contributed by atoms with Crippen molar-refractivity contribution >= 4 is 23.5 Å². The monoisotopic (exact) mass is 588 g/mol. The van der Waals surface area contributed by atoms with E-state index in [0.717, 1.165) is 57.0 Å².